The molecule has 1 aromatic heterocycles. The molecule has 0 aliphatic heterocycles. The van der Waals surface area contributed by atoms with Crippen LogP contribution in [0.4, 0.5) is 0 Å². The van der Waals surface area contributed by atoms with Crippen molar-refractivity contribution in [3.05, 3.63) is 71.4 Å². The molecule has 0 aliphatic rings. The van der Waals surface area contributed by atoms with Crippen LogP contribution >= 0.6 is 0 Å². The van der Waals surface area contributed by atoms with Crippen molar-refractivity contribution in [2.24, 2.45) is 5.10 Å². The van der Waals surface area contributed by atoms with E-state index >= 15 is 0 Å². The average molecular weight is 348 g/mol. The highest BCUT2D eigenvalue weighted by atomic mass is 16.5. The van der Waals surface area contributed by atoms with Crippen molar-refractivity contribution < 1.29 is 9.53 Å². The summed E-state index contributed by atoms with van der Waals surface area (Å²) in [6, 6.07) is 17.1. The van der Waals surface area contributed by atoms with Crippen molar-refractivity contribution in [2.45, 2.75) is 13.8 Å². The minimum Gasteiger partial charge on any atom is -0.493 e. The number of rotatable bonds is 6. The number of amides is 1. The molecule has 0 saturated carbocycles. The lowest BCUT2D eigenvalue weighted by Crippen LogP contribution is -2.18. The van der Waals surface area contributed by atoms with Crippen LogP contribution in [0, 0.1) is 6.92 Å². The van der Waals surface area contributed by atoms with Crippen LogP contribution in [0.5, 0.6) is 5.75 Å². The van der Waals surface area contributed by atoms with Crippen LogP contribution in [0.2, 0.25) is 0 Å². The minimum atomic E-state index is -0.360. The largest absolute Gasteiger partial charge is 0.493 e. The maximum atomic E-state index is 12.2. The summed E-state index contributed by atoms with van der Waals surface area (Å²) >= 11 is 0. The molecule has 0 radical (unpaired) electrons. The van der Waals surface area contributed by atoms with Gasteiger partial charge in [0.1, 0.15) is 11.4 Å². The van der Waals surface area contributed by atoms with E-state index in [0.29, 0.717) is 18.0 Å². The molecule has 2 N–H and O–H groups in total. The summed E-state index contributed by atoms with van der Waals surface area (Å²) in [6.45, 7) is 4.50. The lowest BCUT2D eigenvalue weighted by molar-refractivity contribution is 0.0950. The lowest BCUT2D eigenvalue weighted by Gasteiger charge is -2.05. The Hall–Kier alpha value is -3.41. The van der Waals surface area contributed by atoms with Gasteiger partial charge in [0.2, 0.25) is 0 Å². The molecule has 0 atom stereocenters. The summed E-state index contributed by atoms with van der Waals surface area (Å²) in [5.41, 5.74) is 6.45. The summed E-state index contributed by atoms with van der Waals surface area (Å²) < 4.78 is 5.52. The van der Waals surface area contributed by atoms with Crippen LogP contribution in [-0.2, 0) is 0 Å². The van der Waals surface area contributed by atoms with Crippen molar-refractivity contribution in [3.8, 4) is 17.0 Å². The maximum Gasteiger partial charge on any atom is 0.289 e. The minimum absolute atomic E-state index is 0.343. The predicted molar refractivity (Wildman–Crippen MR) is 101 cm³/mol. The highest BCUT2D eigenvalue weighted by molar-refractivity contribution is 5.94. The number of hydrogen-bond donors (Lipinski definition) is 2. The van der Waals surface area contributed by atoms with Gasteiger partial charge in [0.25, 0.3) is 5.91 Å². The van der Waals surface area contributed by atoms with Crippen molar-refractivity contribution in [3.63, 3.8) is 0 Å². The Labute approximate surface area is 151 Å². The quantitative estimate of drug-likeness (QED) is 0.528. The zero-order chi connectivity index (χ0) is 18.4. The molecule has 6 nitrogen and oxygen atoms in total. The summed E-state index contributed by atoms with van der Waals surface area (Å²) in [4.78, 5) is 12.2. The molecule has 0 unspecified atom stereocenters. The molecule has 2 aromatic carbocycles. The fraction of sp³-hybridized carbons (Fsp3) is 0.150. The number of aromatic nitrogens is 2. The molecule has 6 heteroatoms. The Morgan fingerprint density at radius 2 is 2.00 bits per heavy atom. The fourth-order valence-electron chi connectivity index (χ4n) is 2.41. The molecule has 3 aromatic rings. The third-order valence-corrected chi connectivity index (χ3v) is 3.76. The third kappa shape index (κ3) is 4.16. The summed E-state index contributed by atoms with van der Waals surface area (Å²) in [5, 5.41) is 10.9. The van der Waals surface area contributed by atoms with Crippen molar-refractivity contribution in [1.29, 1.82) is 0 Å². The number of hydrogen-bond acceptors (Lipinski definition) is 4. The van der Waals surface area contributed by atoms with E-state index in [1.54, 1.807) is 12.3 Å². The number of benzene rings is 2. The van der Waals surface area contributed by atoms with Crippen LogP contribution in [0.15, 0.2) is 59.7 Å². The molecular formula is C20H20N4O2. The molecule has 0 bridgehead atoms. The van der Waals surface area contributed by atoms with Gasteiger partial charge in [0.05, 0.1) is 18.5 Å². The van der Waals surface area contributed by atoms with Gasteiger partial charge in [-0.25, -0.2) is 5.43 Å². The Bertz CT molecular complexity index is 914. The van der Waals surface area contributed by atoms with Gasteiger partial charge in [-0.1, -0.05) is 42.0 Å². The second-order valence-electron chi connectivity index (χ2n) is 5.70. The zero-order valence-corrected chi connectivity index (χ0v) is 14.7. The zero-order valence-electron chi connectivity index (χ0n) is 14.7. The van der Waals surface area contributed by atoms with Gasteiger partial charge >= 0.3 is 0 Å². The van der Waals surface area contributed by atoms with E-state index in [9.17, 15) is 4.79 Å². The van der Waals surface area contributed by atoms with Gasteiger partial charge < -0.3 is 4.74 Å². The van der Waals surface area contributed by atoms with E-state index in [4.69, 9.17) is 4.74 Å². The summed E-state index contributed by atoms with van der Waals surface area (Å²) in [5.74, 6) is 0.359. The van der Waals surface area contributed by atoms with Crippen LogP contribution in [0.1, 0.15) is 28.5 Å². The normalized spacial score (nSPS) is 10.8. The molecule has 0 aliphatic carbocycles. The first-order valence-electron chi connectivity index (χ1n) is 8.35. The Balaban J connectivity index is 1.67. The first-order valence-corrected chi connectivity index (χ1v) is 8.35. The fourth-order valence-corrected chi connectivity index (χ4v) is 2.41. The number of para-hydroxylation sites is 1. The van der Waals surface area contributed by atoms with E-state index in [-0.39, 0.29) is 5.91 Å². The monoisotopic (exact) mass is 348 g/mol. The number of carbonyl (C=O) groups excluding carboxylic acids is 1. The van der Waals surface area contributed by atoms with E-state index in [2.05, 4.69) is 20.7 Å². The van der Waals surface area contributed by atoms with Gasteiger partial charge in [-0.3, -0.25) is 9.89 Å². The van der Waals surface area contributed by atoms with Gasteiger partial charge in [0, 0.05) is 11.1 Å². The first-order chi connectivity index (χ1) is 12.7. The Kier molecular flexibility index (Phi) is 5.43. The number of hydrazone groups is 1. The van der Waals surface area contributed by atoms with E-state index in [1.165, 1.54) is 5.56 Å². The molecule has 132 valence electrons. The van der Waals surface area contributed by atoms with E-state index in [0.717, 1.165) is 16.9 Å². The van der Waals surface area contributed by atoms with Crippen LogP contribution in [0.25, 0.3) is 11.3 Å². The van der Waals surface area contributed by atoms with Crippen LogP contribution < -0.4 is 10.2 Å². The second kappa shape index (κ2) is 8.11. The third-order valence-electron chi connectivity index (χ3n) is 3.76. The topological polar surface area (TPSA) is 79.4 Å². The molecular weight excluding hydrogens is 328 g/mol. The first kappa shape index (κ1) is 17.4. The van der Waals surface area contributed by atoms with Crippen LogP contribution in [0.3, 0.4) is 0 Å². The number of aryl methyl sites for hydroxylation is 1. The van der Waals surface area contributed by atoms with E-state index in [1.807, 2.05) is 62.4 Å². The summed E-state index contributed by atoms with van der Waals surface area (Å²) in [7, 11) is 0. The summed E-state index contributed by atoms with van der Waals surface area (Å²) in [6.07, 6.45) is 1.56. The van der Waals surface area contributed by atoms with Gasteiger partial charge in [0.15, 0.2) is 0 Å². The molecule has 0 saturated heterocycles. The maximum absolute atomic E-state index is 12.2. The molecule has 0 spiro atoms. The molecule has 26 heavy (non-hydrogen) atoms. The van der Waals surface area contributed by atoms with Gasteiger partial charge in [-0.05, 0) is 32.0 Å². The molecule has 1 amide bonds. The molecule has 3 rings (SSSR count). The number of ether oxygens (including phenoxy) is 1. The standard InChI is InChI=1S/C20H20N4O2/c1-3-26-19-7-5-4-6-16(19)13-21-24-20(25)18-12-17(22-23-18)15-10-8-14(2)9-11-15/h4-13H,3H2,1-2H3,(H,22,23)(H,24,25)/b21-13-. The van der Waals surface area contributed by atoms with Crippen molar-refractivity contribution >= 4 is 12.1 Å². The highest BCUT2D eigenvalue weighted by Crippen LogP contribution is 2.18. The van der Waals surface area contributed by atoms with Crippen molar-refractivity contribution in [1.82, 2.24) is 15.6 Å². The highest BCUT2D eigenvalue weighted by Gasteiger charge is 2.10. The predicted octanol–water partition coefficient (Wildman–Crippen LogP) is 3.55. The number of nitrogens with zero attached hydrogens (tertiary/aromatic N) is 2. The number of carbonyl (C=O) groups is 1. The van der Waals surface area contributed by atoms with Gasteiger partial charge in [-0.2, -0.15) is 10.2 Å². The number of H-pyrrole nitrogens is 1. The number of nitrogens with one attached hydrogen (secondary N) is 2. The molecule has 0 fully saturated rings. The number of aromatic amines is 1. The van der Waals surface area contributed by atoms with E-state index < -0.39 is 0 Å². The second-order valence-corrected chi connectivity index (χ2v) is 5.70. The van der Waals surface area contributed by atoms with Gasteiger partial charge in [-0.15, -0.1) is 0 Å². The smallest absolute Gasteiger partial charge is 0.289 e. The van der Waals surface area contributed by atoms with Crippen molar-refractivity contribution in [2.75, 3.05) is 6.61 Å². The average Bonchev–Trinajstić information content (AvgIpc) is 3.14. The Morgan fingerprint density at radius 3 is 2.77 bits per heavy atom. The molecule has 1 heterocycles. The SMILES string of the molecule is CCOc1ccccc1/C=N\NC(=O)c1cc(-c2ccc(C)cc2)n[nH]1. The Morgan fingerprint density at radius 1 is 1.23 bits per heavy atom. The lowest BCUT2D eigenvalue weighted by atomic mass is 10.1. The van der Waals surface area contributed by atoms with Crippen LogP contribution in [-0.4, -0.2) is 28.9 Å².